The standard InChI is InChI=1S/C11H18N2O2/c1-9(12)7-10-3-4-11(13-8-10)15-6-5-14-2/h3-4,8-9H,5-7,12H2,1-2H3. The van der Waals surface area contributed by atoms with Crippen molar-refractivity contribution in [3.05, 3.63) is 23.9 Å². The molecule has 0 bridgehead atoms. The first kappa shape index (κ1) is 11.9. The fraction of sp³-hybridized carbons (Fsp3) is 0.545. The summed E-state index contributed by atoms with van der Waals surface area (Å²) in [5.74, 6) is 0.625. The van der Waals surface area contributed by atoms with Crippen LogP contribution in [0.1, 0.15) is 12.5 Å². The van der Waals surface area contributed by atoms with Crippen LogP contribution >= 0.6 is 0 Å². The molecule has 1 unspecified atom stereocenters. The van der Waals surface area contributed by atoms with Crippen molar-refractivity contribution >= 4 is 0 Å². The molecule has 0 radical (unpaired) electrons. The van der Waals surface area contributed by atoms with E-state index in [1.54, 1.807) is 13.3 Å². The number of pyridine rings is 1. The van der Waals surface area contributed by atoms with E-state index in [0.717, 1.165) is 12.0 Å². The SMILES string of the molecule is COCCOc1ccc(CC(C)N)cn1. The number of hydrogen-bond acceptors (Lipinski definition) is 4. The van der Waals surface area contributed by atoms with Crippen LogP contribution in [0.4, 0.5) is 0 Å². The molecule has 15 heavy (non-hydrogen) atoms. The maximum absolute atomic E-state index is 5.69. The third-order valence-electron chi connectivity index (χ3n) is 1.89. The quantitative estimate of drug-likeness (QED) is 0.711. The zero-order valence-corrected chi connectivity index (χ0v) is 9.27. The molecule has 4 nitrogen and oxygen atoms in total. The van der Waals surface area contributed by atoms with E-state index in [0.29, 0.717) is 19.1 Å². The molecule has 0 spiro atoms. The lowest BCUT2D eigenvalue weighted by atomic mass is 10.1. The summed E-state index contributed by atoms with van der Waals surface area (Å²) in [7, 11) is 1.64. The number of hydrogen-bond donors (Lipinski definition) is 1. The molecule has 2 N–H and O–H groups in total. The van der Waals surface area contributed by atoms with Crippen LogP contribution < -0.4 is 10.5 Å². The van der Waals surface area contributed by atoms with E-state index in [1.165, 1.54) is 0 Å². The highest BCUT2D eigenvalue weighted by atomic mass is 16.5. The molecule has 0 fully saturated rings. The Morgan fingerprint density at radius 1 is 1.40 bits per heavy atom. The van der Waals surface area contributed by atoms with Crippen LogP contribution in [0, 0.1) is 0 Å². The molecule has 1 aromatic heterocycles. The second-order valence-electron chi connectivity index (χ2n) is 3.53. The molecule has 0 aliphatic rings. The maximum Gasteiger partial charge on any atom is 0.213 e. The zero-order valence-electron chi connectivity index (χ0n) is 9.27. The maximum atomic E-state index is 5.69. The number of methoxy groups -OCH3 is 1. The molecule has 1 heterocycles. The van der Waals surface area contributed by atoms with Gasteiger partial charge in [-0.3, -0.25) is 0 Å². The minimum absolute atomic E-state index is 0.159. The predicted octanol–water partition coefficient (Wildman–Crippen LogP) is 0.996. The van der Waals surface area contributed by atoms with E-state index in [2.05, 4.69) is 4.98 Å². The molecule has 0 aliphatic carbocycles. The van der Waals surface area contributed by atoms with Crippen molar-refractivity contribution in [3.8, 4) is 5.88 Å². The molecule has 84 valence electrons. The monoisotopic (exact) mass is 210 g/mol. The van der Waals surface area contributed by atoms with Crippen LogP contribution in [0.2, 0.25) is 0 Å². The molecule has 0 amide bonds. The summed E-state index contributed by atoms with van der Waals surface area (Å²) in [6.07, 6.45) is 2.64. The number of ether oxygens (including phenoxy) is 2. The van der Waals surface area contributed by atoms with E-state index in [1.807, 2.05) is 19.1 Å². The van der Waals surface area contributed by atoms with Crippen molar-refractivity contribution < 1.29 is 9.47 Å². The summed E-state index contributed by atoms with van der Waals surface area (Å²) in [6, 6.07) is 4.00. The summed E-state index contributed by atoms with van der Waals surface area (Å²) >= 11 is 0. The Labute approximate surface area is 90.4 Å². The summed E-state index contributed by atoms with van der Waals surface area (Å²) < 4.78 is 10.2. The molecule has 0 saturated heterocycles. The van der Waals surface area contributed by atoms with Gasteiger partial charge >= 0.3 is 0 Å². The van der Waals surface area contributed by atoms with Crippen molar-refractivity contribution in [2.75, 3.05) is 20.3 Å². The van der Waals surface area contributed by atoms with Crippen LogP contribution in [0.15, 0.2) is 18.3 Å². The summed E-state index contributed by atoms with van der Waals surface area (Å²) in [5.41, 5.74) is 6.81. The normalized spacial score (nSPS) is 12.5. The minimum atomic E-state index is 0.159. The zero-order chi connectivity index (χ0) is 11.1. The fourth-order valence-corrected chi connectivity index (χ4v) is 1.22. The lowest BCUT2D eigenvalue weighted by Gasteiger charge is -2.07. The van der Waals surface area contributed by atoms with Gasteiger partial charge in [0.15, 0.2) is 0 Å². The molecule has 4 heteroatoms. The van der Waals surface area contributed by atoms with Crippen molar-refractivity contribution in [1.29, 1.82) is 0 Å². The van der Waals surface area contributed by atoms with Gasteiger partial charge in [-0.1, -0.05) is 6.07 Å². The molecular weight excluding hydrogens is 192 g/mol. The Morgan fingerprint density at radius 2 is 2.20 bits per heavy atom. The summed E-state index contributed by atoms with van der Waals surface area (Å²) in [5, 5.41) is 0. The molecular formula is C11H18N2O2. The highest BCUT2D eigenvalue weighted by molar-refractivity contribution is 5.18. The summed E-state index contributed by atoms with van der Waals surface area (Å²) in [6.45, 7) is 3.07. The van der Waals surface area contributed by atoms with Crippen molar-refractivity contribution in [1.82, 2.24) is 4.98 Å². The number of nitrogens with zero attached hydrogens (tertiary/aromatic N) is 1. The lowest BCUT2D eigenvalue weighted by molar-refractivity contribution is 0.143. The topological polar surface area (TPSA) is 57.4 Å². The van der Waals surface area contributed by atoms with Gasteiger partial charge < -0.3 is 15.2 Å². The van der Waals surface area contributed by atoms with Crippen LogP contribution in [-0.2, 0) is 11.2 Å². The van der Waals surface area contributed by atoms with Crippen molar-refractivity contribution in [2.45, 2.75) is 19.4 Å². The predicted molar refractivity (Wildman–Crippen MR) is 59.0 cm³/mol. The average molecular weight is 210 g/mol. The lowest BCUT2D eigenvalue weighted by Crippen LogP contribution is -2.17. The van der Waals surface area contributed by atoms with Gasteiger partial charge in [-0.15, -0.1) is 0 Å². The van der Waals surface area contributed by atoms with Gasteiger partial charge in [-0.2, -0.15) is 0 Å². The second kappa shape index (κ2) is 6.37. The first-order valence-electron chi connectivity index (χ1n) is 5.04. The van der Waals surface area contributed by atoms with E-state index < -0.39 is 0 Å². The Kier molecular flexibility index (Phi) is 5.07. The second-order valence-corrected chi connectivity index (χ2v) is 3.53. The number of rotatable bonds is 6. The minimum Gasteiger partial charge on any atom is -0.475 e. The van der Waals surface area contributed by atoms with Gasteiger partial charge in [-0.25, -0.2) is 4.98 Å². The van der Waals surface area contributed by atoms with E-state index in [4.69, 9.17) is 15.2 Å². The largest absolute Gasteiger partial charge is 0.475 e. The Morgan fingerprint density at radius 3 is 2.73 bits per heavy atom. The number of aromatic nitrogens is 1. The van der Waals surface area contributed by atoms with Gasteiger partial charge in [0.1, 0.15) is 6.61 Å². The first-order chi connectivity index (χ1) is 7.22. The first-order valence-corrected chi connectivity index (χ1v) is 5.04. The fourth-order valence-electron chi connectivity index (χ4n) is 1.22. The van der Waals surface area contributed by atoms with E-state index in [9.17, 15) is 0 Å². The Hall–Kier alpha value is -1.13. The Balaban J connectivity index is 2.42. The molecule has 1 atom stereocenters. The van der Waals surface area contributed by atoms with Crippen LogP contribution in [-0.4, -0.2) is 31.3 Å². The van der Waals surface area contributed by atoms with E-state index >= 15 is 0 Å². The highest BCUT2D eigenvalue weighted by Crippen LogP contribution is 2.08. The summed E-state index contributed by atoms with van der Waals surface area (Å²) in [4.78, 5) is 4.17. The van der Waals surface area contributed by atoms with E-state index in [-0.39, 0.29) is 6.04 Å². The molecule has 1 rings (SSSR count). The van der Waals surface area contributed by atoms with Crippen LogP contribution in [0.3, 0.4) is 0 Å². The van der Waals surface area contributed by atoms with Gasteiger partial charge in [-0.05, 0) is 18.9 Å². The van der Waals surface area contributed by atoms with Gasteiger partial charge in [0, 0.05) is 25.4 Å². The van der Waals surface area contributed by atoms with Gasteiger partial charge in [0.05, 0.1) is 6.61 Å². The van der Waals surface area contributed by atoms with Crippen LogP contribution in [0.5, 0.6) is 5.88 Å². The van der Waals surface area contributed by atoms with Gasteiger partial charge in [0.25, 0.3) is 0 Å². The third-order valence-corrected chi connectivity index (χ3v) is 1.89. The Bertz CT molecular complexity index is 272. The van der Waals surface area contributed by atoms with Gasteiger partial charge in [0.2, 0.25) is 5.88 Å². The molecule has 0 saturated carbocycles. The molecule has 0 aliphatic heterocycles. The van der Waals surface area contributed by atoms with Crippen molar-refractivity contribution in [3.63, 3.8) is 0 Å². The molecule has 1 aromatic rings. The number of nitrogens with two attached hydrogens (primary N) is 1. The average Bonchev–Trinajstić information content (AvgIpc) is 2.20. The van der Waals surface area contributed by atoms with Crippen molar-refractivity contribution in [2.24, 2.45) is 5.73 Å². The third kappa shape index (κ3) is 4.76. The molecule has 0 aromatic carbocycles. The van der Waals surface area contributed by atoms with Crippen LogP contribution in [0.25, 0.3) is 0 Å². The smallest absolute Gasteiger partial charge is 0.213 e. The highest BCUT2D eigenvalue weighted by Gasteiger charge is 1.99.